The molecule has 3 N–H and O–H groups in total. The molecule has 4 heteroatoms. The van der Waals surface area contributed by atoms with E-state index < -0.39 is 0 Å². The summed E-state index contributed by atoms with van der Waals surface area (Å²) in [6.07, 6.45) is 3.92. The highest BCUT2D eigenvalue weighted by molar-refractivity contribution is 5.79. The highest BCUT2D eigenvalue weighted by Crippen LogP contribution is 2.36. The van der Waals surface area contributed by atoms with Crippen LogP contribution in [0.4, 0.5) is 0 Å². The van der Waals surface area contributed by atoms with Crippen LogP contribution in [0.25, 0.3) is 0 Å². The molecule has 0 saturated heterocycles. The summed E-state index contributed by atoms with van der Waals surface area (Å²) in [5.74, 6) is 0.448. The molecule has 0 aromatic rings. The van der Waals surface area contributed by atoms with Gasteiger partial charge in [0.05, 0.1) is 5.84 Å². The number of rotatable bonds is 6. The number of nitrogens with one attached hydrogen (secondary N) is 1. The van der Waals surface area contributed by atoms with Gasteiger partial charge in [-0.1, -0.05) is 6.92 Å². The summed E-state index contributed by atoms with van der Waals surface area (Å²) < 4.78 is 0. The van der Waals surface area contributed by atoms with E-state index in [0.29, 0.717) is 11.4 Å². The largest absolute Gasteiger partial charge is 0.387 e. The van der Waals surface area contributed by atoms with Crippen LogP contribution in [0.2, 0.25) is 0 Å². The van der Waals surface area contributed by atoms with Gasteiger partial charge in [-0.2, -0.15) is 0 Å². The van der Waals surface area contributed by atoms with Gasteiger partial charge in [0, 0.05) is 24.5 Å². The van der Waals surface area contributed by atoms with E-state index in [-0.39, 0.29) is 5.92 Å². The van der Waals surface area contributed by atoms with Gasteiger partial charge in [-0.25, -0.2) is 0 Å². The summed E-state index contributed by atoms with van der Waals surface area (Å²) >= 11 is 0. The monoisotopic (exact) mass is 226 g/mol. The van der Waals surface area contributed by atoms with Crippen LogP contribution in [-0.2, 0) is 0 Å². The Morgan fingerprint density at radius 2 is 1.94 bits per heavy atom. The minimum absolute atomic E-state index is 0.157. The smallest absolute Gasteiger partial charge is 0.0947 e. The molecule has 94 valence electrons. The number of nitrogens with two attached hydrogens (primary N) is 1. The van der Waals surface area contributed by atoms with E-state index in [2.05, 4.69) is 30.9 Å². The van der Waals surface area contributed by atoms with Crippen molar-refractivity contribution in [1.82, 2.24) is 9.80 Å². The number of hydrogen-bond acceptors (Lipinski definition) is 3. The molecular weight excluding hydrogens is 200 g/mol. The molecule has 1 fully saturated rings. The quantitative estimate of drug-likeness (QED) is 0.524. The minimum Gasteiger partial charge on any atom is -0.387 e. The average Bonchev–Trinajstić information content (AvgIpc) is 2.10. The van der Waals surface area contributed by atoms with Crippen LogP contribution >= 0.6 is 0 Å². The maximum Gasteiger partial charge on any atom is 0.0947 e. The average molecular weight is 226 g/mol. The van der Waals surface area contributed by atoms with Gasteiger partial charge in [0.25, 0.3) is 0 Å². The van der Waals surface area contributed by atoms with Crippen molar-refractivity contribution in [2.75, 3.05) is 34.2 Å². The Hall–Kier alpha value is -0.610. The zero-order valence-corrected chi connectivity index (χ0v) is 11.1. The molecule has 0 spiro atoms. The Morgan fingerprint density at radius 3 is 2.25 bits per heavy atom. The lowest BCUT2D eigenvalue weighted by Gasteiger charge is -2.49. The van der Waals surface area contributed by atoms with Crippen LogP contribution in [0.5, 0.6) is 0 Å². The fraction of sp³-hybridized carbons (Fsp3) is 0.917. The van der Waals surface area contributed by atoms with Gasteiger partial charge in [-0.15, -0.1) is 0 Å². The zero-order valence-electron chi connectivity index (χ0n) is 11.1. The van der Waals surface area contributed by atoms with E-state index in [1.54, 1.807) is 0 Å². The fourth-order valence-corrected chi connectivity index (χ4v) is 2.46. The summed E-state index contributed by atoms with van der Waals surface area (Å²) in [4.78, 5) is 4.66. The molecule has 1 aliphatic rings. The fourth-order valence-electron chi connectivity index (χ4n) is 2.46. The Kier molecular flexibility index (Phi) is 4.33. The third-order valence-electron chi connectivity index (χ3n) is 3.91. The van der Waals surface area contributed by atoms with Crippen molar-refractivity contribution in [2.45, 2.75) is 31.7 Å². The van der Waals surface area contributed by atoms with Crippen molar-refractivity contribution >= 4 is 5.84 Å². The molecule has 1 atom stereocenters. The standard InChI is InChI=1S/C12H26N4/c1-10(11(13)14)8-16(4)9-12(15(2)3)6-5-7-12/h10H,5-9H2,1-4H3,(H3,13,14). The van der Waals surface area contributed by atoms with E-state index in [1.165, 1.54) is 19.3 Å². The Morgan fingerprint density at radius 1 is 1.38 bits per heavy atom. The lowest BCUT2D eigenvalue weighted by atomic mass is 9.75. The molecule has 0 aliphatic heterocycles. The molecule has 1 unspecified atom stereocenters. The van der Waals surface area contributed by atoms with Gasteiger partial charge in [0.15, 0.2) is 0 Å². The molecule has 4 nitrogen and oxygen atoms in total. The lowest BCUT2D eigenvalue weighted by Crippen LogP contribution is -2.57. The Bertz CT molecular complexity index is 245. The zero-order chi connectivity index (χ0) is 12.3. The molecule has 1 saturated carbocycles. The van der Waals surface area contributed by atoms with Crippen molar-refractivity contribution in [2.24, 2.45) is 11.7 Å². The van der Waals surface area contributed by atoms with Gasteiger partial charge in [-0.3, -0.25) is 5.41 Å². The summed E-state index contributed by atoms with van der Waals surface area (Å²) in [5, 5.41) is 7.41. The van der Waals surface area contributed by atoms with Crippen molar-refractivity contribution in [3.63, 3.8) is 0 Å². The first-order chi connectivity index (χ1) is 7.37. The number of hydrogen-bond donors (Lipinski definition) is 2. The Labute approximate surface area is 99.3 Å². The van der Waals surface area contributed by atoms with E-state index >= 15 is 0 Å². The molecular formula is C12H26N4. The predicted octanol–water partition coefficient (Wildman–Crippen LogP) is 0.975. The predicted molar refractivity (Wildman–Crippen MR) is 68.8 cm³/mol. The third-order valence-corrected chi connectivity index (χ3v) is 3.91. The maximum absolute atomic E-state index is 7.41. The van der Waals surface area contributed by atoms with Crippen LogP contribution in [0.3, 0.4) is 0 Å². The third kappa shape index (κ3) is 2.95. The molecule has 0 bridgehead atoms. The van der Waals surface area contributed by atoms with Crippen molar-refractivity contribution in [3.05, 3.63) is 0 Å². The van der Waals surface area contributed by atoms with Crippen LogP contribution in [0.15, 0.2) is 0 Å². The normalized spacial score (nSPS) is 20.9. The van der Waals surface area contributed by atoms with Crippen LogP contribution in [-0.4, -0.2) is 55.4 Å². The highest BCUT2D eigenvalue weighted by Gasteiger charge is 2.39. The van der Waals surface area contributed by atoms with Crippen molar-refractivity contribution in [1.29, 1.82) is 5.41 Å². The van der Waals surface area contributed by atoms with Crippen LogP contribution in [0.1, 0.15) is 26.2 Å². The van der Waals surface area contributed by atoms with E-state index in [4.69, 9.17) is 11.1 Å². The van der Waals surface area contributed by atoms with E-state index in [1.807, 2.05) is 6.92 Å². The van der Waals surface area contributed by atoms with Gasteiger partial charge >= 0.3 is 0 Å². The van der Waals surface area contributed by atoms with Gasteiger partial charge in [-0.05, 0) is 40.4 Å². The van der Waals surface area contributed by atoms with E-state index in [0.717, 1.165) is 13.1 Å². The van der Waals surface area contributed by atoms with Crippen LogP contribution < -0.4 is 5.73 Å². The van der Waals surface area contributed by atoms with Gasteiger partial charge < -0.3 is 15.5 Å². The molecule has 16 heavy (non-hydrogen) atoms. The lowest BCUT2D eigenvalue weighted by molar-refractivity contribution is 0.0264. The summed E-state index contributed by atoms with van der Waals surface area (Å²) in [6, 6.07) is 0. The van der Waals surface area contributed by atoms with Crippen molar-refractivity contribution < 1.29 is 0 Å². The Balaban J connectivity index is 2.44. The van der Waals surface area contributed by atoms with Gasteiger partial charge in [0.2, 0.25) is 0 Å². The number of nitrogens with zero attached hydrogens (tertiary/aromatic N) is 2. The van der Waals surface area contributed by atoms with Gasteiger partial charge in [0.1, 0.15) is 0 Å². The van der Waals surface area contributed by atoms with Crippen molar-refractivity contribution in [3.8, 4) is 0 Å². The molecule has 0 radical (unpaired) electrons. The molecule has 0 aromatic heterocycles. The molecule has 0 amide bonds. The second-order valence-electron chi connectivity index (χ2n) is 5.53. The molecule has 1 aliphatic carbocycles. The summed E-state index contributed by atoms with van der Waals surface area (Å²) in [5.41, 5.74) is 5.87. The van der Waals surface area contributed by atoms with E-state index in [9.17, 15) is 0 Å². The topological polar surface area (TPSA) is 56.4 Å². The highest BCUT2D eigenvalue weighted by atomic mass is 15.2. The molecule has 0 heterocycles. The van der Waals surface area contributed by atoms with Crippen LogP contribution in [0, 0.1) is 11.3 Å². The minimum atomic E-state index is 0.157. The first kappa shape index (κ1) is 13.5. The first-order valence-electron chi connectivity index (χ1n) is 6.07. The second-order valence-corrected chi connectivity index (χ2v) is 5.53. The second kappa shape index (κ2) is 5.15. The first-order valence-corrected chi connectivity index (χ1v) is 6.07. The maximum atomic E-state index is 7.41. The SMILES string of the molecule is CC(CN(C)CC1(N(C)C)CCC1)C(=N)N. The number of likely N-dealkylation sites (N-methyl/N-ethyl adjacent to an activating group) is 2. The summed E-state index contributed by atoms with van der Waals surface area (Å²) in [7, 11) is 6.46. The molecule has 0 aromatic carbocycles. The molecule has 1 rings (SSSR count). The summed E-state index contributed by atoms with van der Waals surface area (Å²) in [6.45, 7) is 3.98. The number of amidine groups is 1.